The topological polar surface area (TPSA) is 65.2 Å². The predicted octanol–water partition coefficient (Wildman–Crippen LogP) is 4.07. The zero-order chi connectivity index (χ0) is 15.8. The average molecular weight is 353 g/mol. The van der Waals surface area contributed by atoms with Crippen LogP contribution in [0.3, 0.4) is 0 Å². The van der Waals surface area contributed by atoms with Crippen molar-refractivity contribution in [3.63, 3.8) is 0 Å². The van der Waals surface area contributed by atoms with Crippen molar-refractivity contribution in [3.8, 4) is 11.5 Å². The lowest BCUT2D eigenvalue weighted by atomic mass is 10.1. The Morgan fingerprint density at radius 2 is 1.90 bits per heavy atom. The van der Waals surface area contributed by atoms with E-state index in [2.05, 4.69) is 26.1 Å². The summed E-state index contributed by atoms with van der Waals surface area (Å²) in [6, 6.07) is 3.62. The van der Waals surface area contributed by atoms with Crippen LogP contribution in [0.15, 0.2) is 21.1 Å². The van der Waals surface area contributed by atoms with Crippen molar-refractivity contribution in [1.82, 2.24) is 10.1 Å². The molecule has 0 fully saturated rings. The summed E-state index contributed by atoms with van der Waals surface area (Å²) in [6.07, 6.45) is 0. The molecule has 0 aliphatic carbocycles. The summed E-state index contributed by atoms with van der Waals surface area (Å²) in [5.74, 6) is -0.129. The first kappa shape index (κ1) is 15.7. The second-order valence-electron chi connectivity index (χ2n) is 5.74. The van der Waals surface area contributed by atoms with E-state index < -0.39 is 11.6 Å². The Bertz CT molecular complexity index is 687. The normalized spacial score (nSPS) is 11.5. The summed E-state index contributed by atoms with van der Waals surface area (Å²) in [7, 11) is 0. The summed E-state index contributed by atoms with van der Waals surface area (Å²) in [4.78, 5) is 16.7. The Kier molecular flexibility index (Phi) is 4.18. The first-order valence-corrected chi connectivity index (χ1v) is 7.31. The lowest BCUT2D eigenvalue weighted by molar-refractivity contribution is 0.00692. The van der Waals surface area contributed by atoms with Crippen LogP contribution in [-0.2, 0) is 4.74 Å². The average Bonchev–Trinajstić information content (AvgIpc) is 2.72. The molecule has 0 saturated carbocycles. The fraction of sp³-hybridized carbons (Fsp3) is 0.400. The number of hydrogen-bond donors (Lipinski definition) is 0. The second-order valence-corrected chi connectivity index (χ2v) is 6.59. The number of ether oxygens (including phenoxy) is 1. The summed E-state index contributed by atoms with van der Waals surface area (Å²) >= 11 is 3.39. The molecule has 0 aromatic carbocycles. The van der Waals surface area contributed by atoms with Crippen LogP contribution in [0.5, 0.6) is 0 Å². The van der Waals surface area contributed by atoms with Gasteiger partial charge in [0.15, 0.2) is 5.76 Å². The Morgan fingerprint density at radius 3 is 2.48 bits per heavy atom. The molecule has 0 saturated heterocycles. The number of halogens is 1. The molecule has 0 bridgehead atoms. The summed E-state index contributed by atoms with van der Waals surface area (Å²) in [5.41, 5.74) is 1.58. The van der Waals surface area contributed by atoms with Gasteiger partial charge in [0.2, 0.25) is 0 Å². The highest BCUT2D eigenvalue weighted by atomic mass is 79.9. The van der Waals surface area contributed by atoms with E-state index >= 15 is 0 Å². The number of aryl methyl sites for hydroxylation is 2. The third-order valence-corrected chi connectivity index (χ3v) is 3.56. The number of rotatable bonds is 2. The van der Waals surface area contributed by atoms with Gasteiger partial charge in [-0.3, -0.25) is 0 Å². The third-order valence-electron chi connectivity index (χ3n) is 2.72. The lowest BCUT2D eigenvalue weighted by Crippen LogP contribution is -2.24. The molecule has 0 aliphatic heterocycles. The summed E-state index contributed by atoms with van der Waals surface area (Å²) in [5, 5.41) is 3.87. The number of pyridine rings is 1. The molecule has 0 N–H and O–H groups in total. The molecular formula is C15H17BrN2O3. The molecule has 2 rings (SSSR count). The van der Waals surface area contributed by atoms with Gasteiger partial charge in [0, 0.05) is 4.47 Å². The van der Waals surface area contributed by atoms with Gasteiger partial charge in [0.25, 0.3) is 0 Å². The number of aromatic nitrogens is 2. The SMILES string of the molecule is Cc1nc(-c2onc(C)c2C(=O)OC(C)(C)C)ccc1Br. The van der Waals surface area contributed by atoms with Crippen molar-refractivity contribution < 1.29 is 14.1 Å². The number of carbonyl (C=O) groups is 1. The quantitative estimate of drug-likeness (QED) is 0.762. The van der Waals surface area contributed by atoms with Gasteiger partial charge in [-0.1, -0.05) is 5.16 Å². The molecule has 0 spiro atoms. The molecule has 0 atom stereocenters. The molecule has 2 heterocycles. The van der Waals surface area contributed by atoms with Crippen LogP contribution in [-0.4, -0.2) is 21.7 Å². The fourth-order valence-electron chi connectivity index (χ4n) is 1.78. The molecule has 0 unspecified atom stereocenters. The van der Waals surface area contributed by atoms with Gasteiger partial charge in [-0.05, 0) is 62.7 Å². The van der Waals surface area contributed by atoms with Crippen LogP contribution in [0.25, 0.3) is 11.5 Å². The van der Waals surface area contributed by atoms with Gasteiger partial charge < -0.3 is 9.26 Å². The van der Waals surface area contributed by atoms with Crippen LogP contribution < -0.4 is 0 Å². The van der Waals surface area contributed by atoms with Crippen molar-refractivity contribution in [2.45, 2.75) is 40.2 Å². The molecular weight excluding hydrogens is 336 g/mol. The summed E-state index contributed by atoms with van der Waals surface area (Å²) < 4.78 is 11.6. The smallest absolute Gasteiger partial charge is 0.344 e. The monoisotopic (exact) mass is 352 g/mol. The number of esters is 1. The van der Waals surface area contributed by atoms with E-state index in [0.717, 1.165) is 10.2 Å². The maximum Gasteiger partial charge on any atom is 0.344 e. The minimum atomic E-state index is -0.582. The highest BCUT2D eigenvalue weighted by molar-refractivity contribution is 9.10. The van der Waals surface area contributed by atoms with E-state index in [4.69, 9.17) is 9.26 Å². The van der Waals surface area contributed by atoms with Gasteiger partial charge in [-0.25, -0.2) is 9.78 Å². The zero-order valence-corrected chi connectivity index (χ0v) is 14.2. The van der Waals surface area contributed by atoms with Crippen LogP contribution in [0.4, 0.5) is 0 Å². The Balaban J connectivity index is 2.47. The van der Waals surface area contributed by atoms with E-state index in [9.17, 15) is 4.79 Å². The van der Waals surface area contributed by atoms with Gasteiger partial charge in [-0.15, -0.1) is 0 Å². The minimum Gasteiger partial charge on any atom is -0.456 e. The number of hydrogen-bond acceptors (Lipinski definition) is 5. The van der Waals surface area contributed by atoms with E-state index in [1.165, 1.54) is 0 Å². The summed E-state index contributed by atoms with van der Waals surface area (Å²) in [6.45, 7) is 9.02. The minimum absolute atomic E-state index is 0.319. The Labute approximate surface area is 131 Å². The van der Waals surface area contributed by atoms with Crippen molar-refractivity contribution >= 4 is 21.9 Å². The van der Waals surface area contributed by atoms with Crippen LogP contribution >= 0.6 is 15.9 Å². The maximum absolute atomic E-state index is 12.3. The standard InChI is InChI=1S/C15H17BrN2O3/c1-8-10(16)6-7-11(17-8)13-12(9(2)18-21-13)14(19)20-15(3,4)5/h6-7H,1-5H3. The lowest BCUT2D eigenvalue weighted by Gasteiger charge is -2.19. The molecule has 2 aromatic rings. The number of nitrogens with zero attached hydrogens (tertiary/aromatic N) is 2. The Hall–Kier alpha value is -1.69. The highest BCUT2D eigenvalue weighted by Crippen LogP contribution is 2.28. The maximum atomic E-state index is 12.3. The largest absolute Gasteiger partial charge is 0.456 e. The number of carbonyl (C=O) groups excluding carboxylic acids is 1. The van der Waals surface area contributed by atoms with Crippen molar-refractivity contribution in [2.75, 3.05) is 0 Å². The van der Waals surface area contributed by atoms with Gasteiger partial charge >= 0.3 is 5.97 Å². The molecule has 6 heteroatoms. The van der Waals surface area contributed by atoms with Crippen molar-refractivity contribution in [3.05, 3.63) is 33.6 Å². The molecule has 2 aromatic heterocycles. The molecule has 5 nitrogen and oxygen atoms in total. The first-order valence-electron chi connectivity index (χ1n) is 6.52. The predicted molar refractivity (Wildman–Crippen MR) is 82.1 cm³/mol. The molecule has 0 amide bonds. The van der Waals surface area contributed by atoms with E-state index in [0.29, 0.717) is 22.7 Å². The second kappa shape index (κ2) is 5.60. The zero-order valence-electron chi connectivity index (χ0n) is 12.7. The van der Waals surface area contributed by atoms with Gasteiger partial charge in [-0.2, -0.15) is 0 Å². The van der Waals surface area contributed by atoms with E-state index in [1.54, 1.807) is 13.0 Å². The van der Waals surface area contributed by atoms with E-state index in [1.807, 2.05) is 33.8 Å². The van der Waals surface area contributed by atoms with Crippen LogP contribution in [0.1, 0.15) is 42.5 Å². The van der Waals surface area contributed by atoms with Crippen molar-refractivity contribution in [2.24, 2.45) is 0 Å². The van der Waals surface area contributed by atoms with Gasteiger partial charge in [0.05, 0.1) is 11.4 Å². The molecule has 0 radical (unpaired) electrons. The third kappa shape index (κ3) is 3.50. The fourth-order valence-corrected chi connectivity index (χ4v) is 2.01. The van der Waals surface area contributed by atoms with Gasteiger partial charge in [0.1, 0.15) is 16.9 Å². The Morgan fingerprint density at radius 1 is 1.24 bits per heavy atom. The first-order chi connectivity index (χ1) is 9.69. The van der Waals surface area contributed by atoms with E-state index in [-0.39, 0.29) is 0 Å². The highest BCUT2D eigenvalue weighted by Gasteiger charge is 2.27. The van der Waals surface area contributed by atoms with Crippen molar-refractivity contribution in [1.29, 1.82) is 0 Å². The van der Waals surface area contributed by atoms with Crippen LogP contribution in [0.2, 0.25) is 0 Å². The molecule has 112 valence electrons. The molecule has 21 heavy (non-hydrogen) atoms. The van der Waals surface area contributed by atoms with Crippen LogP contribution in [0, 0.1) is 13.8 Å². The molecule has 0 aliphatic rings.